The summed E-state index contributed by atoms with van der Waals surface area (Å²) in [5.74, 6) is 0.474. The van der Waals surface area contributed by atoms with Gasteiger partial charge in [0.25, 0.3) is 0 Å². The zero-order valence-corrected chi connectivity index (χ0v) is 13.2. The fraction of sp³-hybridized carbons (Fsp3) is 0.500. The lowest BCUT2D eigenvalue weighted by Crippen LogP contribution is -2.20. The second-order valence-corrected chi connectivity index (χ2v) is 5.65. The van der Waals surface area contributed by atoms with Crippen LogP contribution in [0.3, 0.4) is 0 Å². The van der Waals surface area contributed by atoms with Crippen molar-refractivity contribution in [3.63, 3.8) is 0 Å². The number of hydrogen-bond donors (Lipinski definition) is 0. The molecule has 0 radical (unpaired) electrons. The van der Waals surface area contributed by atoms with Gasteiger partial charge in [-0.1, -0.05) is 6.92 Å². The highest BCUT2D eigenvalue weighted by Gasteiger charge is 2.12. The van der Waals surface area contributed by atoms with Crippen LogP contribution < -0.4 is 9.64 Å². The fourth-order valence-corrected chi connectivity index (χ4v) is 2.30. The molecule has 0 atom stereocenters. The molecule has 108 valence electrons. The van der Waals surface area contributed by atoms with E-state index in [-0.39, 0.29) is 11.3 Å². The van der Waals surface area contributed by atoms with Gasteiger partial charge in [-0.25, -0.2) is 4.98 Å². The van der Waals surface area contributed by atoms with Gasteiger partial charge < -0.3 is 9.64 Å². The summed E-state index contributed by atoms with van der Waals surface area (Å²) in [6.45, 7) is 5.15. The molecule has 0 amide bonds. The van der Waals surface area contributed by atoms with Crippen molar-refractivity contribution in [2.24, 2.45) is 0 Å². The van der Waals surface area contributed by atoms with Crippen LogP contribution in [0.15, 0.2) is 5.38 Å². The molecular formula is C12H16ClN5OS. The van der Waals surface area contributed by atoms with Gasteiger partial charge >= 0.3 is 6.01 Å². The van der Waals surface area contributed by atoms with Crippen molar-refractivity contribution in [3.05, 3.63) is 21.4 Å². The molecule has 0 aromatic carbocycles. The van der Waals surface area contributed by atoms with Crippen LogP contribution in [0, 0.1) is 6.92 Å². The Morgan fingerprint density at radius 2 is 2.10 bits per heavy atom. The van der Waals surface area contributed by atoms with Crippen LogP contribution >= 0.6 is 22.9 Å². The molecule has 0 saturated heterocycles. The molecule has 0 unspecified atom stereocenters. The van der Waals surface area contributed by atoms with Crippen molar-refractivity contribution in [1.29, 1.82) is 0 Å². The van der Waals surface area contributed by atoms with Crippen LogP contribution in [0.25, 0.3) is 0 Å². The highest BCUT2D eigenvalue weighted by Crippen LogP contribution is 2.17. The third kappa shape index (κ3) is 4.01. The Bertz CT molecular complexity index is 577. The monoisotopic (exact) mass is 313 g/mol. The van der Waals surface area contributed by atoms with E-state index in [2.05, 4.69) is 19.9 Å². The van der Waals surface area contributed by atoms with E-state index in [9.17, 15) is 0 Å². The average molecular weight is 314 g/mol. The van der Waals surface area contributed by atoms with E-state index < -0.39 is 0 Å². The number of hydrogen-bond acceptors (Lipinski definition) is 7. The van der Waals surface area contributed by atoms with Crippen LogP contribution in [-0.2, 0) is 6.54 Å². The number of nitrogens with zero attached hydrogens (tertiary/aromatic N) is 5. The minimum atomic E-state index is 0.127. The first-order chi connectivity index (χ1) is 9.58. The van der Waals surface area contributed by atoms with Crippen LogP contribution in [0.4, 0.5) is 5.95 Å². The molecule has 2 heterocycles. The van der Waals surface area contributed by atoms with Crippen molar-refractivity contribution in [2.75, 3.05) is 18.6 Å². The zero-order chi connectivity index (χ0) is 14.5. The van der Waals surface area contributed by atoms with E-state index in [4.69, 9.17) is 16.3 Å². The standard InChI is InChI=1S/C12H16ClN5OS/c1-4-5-19-12-16-10(13)15-11(17-12)18(3)6-9-7-20-8(2)14-9/h7H,4-6H2,1-3H3. The van der Waals surface area contributed by atoms with Gasteiger partial charge in [0.1, 0.15) is 0 Å². The fourth-order valence-electron chi connectivity index (χ4n) is 1.55. The van der Waals surface area contributed by atoms with Crippen molar-refractivity contribution in [2.45, 2.75) is 26.8 Å². The van der Waals surface area contributed by atoms with E-state index in [1.807, 2.05) is 31.2 Å². The van der Waals surface area contributed by atoms with Crippen molar-refractivity contribution < 1.29 is 4.74 Å². The van der Waals surface area contributed by atoms with Crippen molar-refractivity contribution in [3.8, 4) is 6.01 Å². The lowest BCUT2D eigenvalue weighted by Gasteiger charge is -2.16. The Labute approximate surface area is 126 Å². The smallest absolute Gasteiger partial charge is 0.322 e. The summed E-state index contributed by atoms with van der Waals surface area (Å²) in [7, 11) is 1.88. The van der Waals surface area contributed by atoms with E-state index in [0.717, 1.165) is 17.1 Å². The predicted octanol–water partition coefficient (Wildman–Crippen LogP) is 2.72. The number of rotatable bonds is 6. The minimum absolute atomic E-state index is 0.127. The molecule has 20 heavy (non-hydrogen) atoms. The van der Waals surface area contributed by atoms with Gasteiger partial charge in [-0.05, 0) is 24.9 Å². The molecule has 8 heteroatoms. The Hall–Kier alpha value is -1.47. The summed E-state index contributed by atoms with van der Waals surface area (Å²) >= 11 is 7.51. The third-order valence-electron chi connectivity index (χ3n) is 2.42. The molecule has 2 aromatic rings. The van der Waals surface area contributed by atoms with Gasteiger partial charge in [0.15, 0.2) is 0 Å². The van der Waals surface area contributed by atoms with E-state index in [1.165, 1.54) is 0 Å². The number of anilines is 1. The Morgan fingerprint density at radius 1 is 1.30 bits per heavy atom. The first-order valence-corrected chi connectivity index (χ1v) is 7.50. The SMILES string of the molecule is CCCOc1nc(Cl)nc(N(C)Cc2csc(C)n2)n1. The van der Waals surface area contributed by atoms with Crippen LogP contribution in [0.5, 0.6) is 6.01 Å². The number of ether oxygens (including phenoxy) is 1. The van der Waals surface area contributed by atoms with Crippen molar-refractivity contribution >= 4 is 28.9 Å². The van der Waals surface area contributed by atoms with Crippen LogP contribution in [-0.4, -0.2) is 33.6 Å². The average Bonchev–Trinajstić information content (AvgIpc) is 2.81. The predicted molar refractivity (Wildman–Crippen MR) is 79.6 cm³/mol. The Morgan fingerprint density at radius 3 is 2.75 bits per heavy atom. The molecule has 0 spiro atoms. The van der Waals surface area contributed by atoms with E-state index in [0.29, 0.717) is 19.1 Å². The van der Waals surface area contributed by atoms with Gasteiger partial charge in [-0.3, -0.25) is 0 Å². The molecule has 2 rings (SSSR count). The molecular weight excluding hydrogens is 298 g/mol. The van der Waals surface area contributed by atoms with Gasteiger partial charge in [-0.15, -0.1) is 11.3 Å². The molecule has 0 aliphatic carbocycles. The summed E-state index contributed by atoms with van der Waals surface area (Å²) in [4.78, 5) is 18.6. The number of halogens is 1. The second kappa shape index (κ2) is 6.81. The van der Waals surface area contributed by atoms with Crippen LogP contribution in [0.2, 0.25) is 5.28 Å². The molecule has 2 aromatic heterocycles. The minimum Gasteiger partial charge on any atom is -0.463 e. The number of thiazole rings is 1. The van der Waals surface area contributed by atoms with Gasteiger partial charge in [0.05, 0.1) is 23.9 Å². The largest absolute Gasteiger partial charge is 0.463 e. The first kappa shape index (κ1) is 14.9. The number of aromatic nitrogens is 4. The lowest BCUT2D eigenvalue weighted by atomic mass is 10.4. The topological polar surface area (TPSA) is 64.0 Å². The van der Waals surface area contributed by atoms with Crippen LogP contribution in [0.1, 0.15) is 24.0 Å². The highest BCUT2D eigenvalue weighted by molar-refractivity contribution is 7.09. The molecule has 0 aliphatic rings. The van der Waals surface area contributed by atoms with Gasteiger partial charge in [0.2, 0.25) is 11.2 Å². The van der Waals surface area contributed by atoms with E-state index in [1.54, 1.807) is 11.3 Å². The molecule has 6 nitrogen and oxygen atoms in total. The maximum absolute atomic E-state index is 5.90. The maximum atomic E-state index is 5.90. The molecule has 0 aliphatic heterocycles. The summed E-state index contributed by atoms with van der Waals surface area (Å²) in [6, 6.07) is 0.253. The normalized spacial score (nSPS) is 10.6. The Balaban J connectivity index is 2.12. The highest BCUT2D eigenvalue weighted by atomic mass is 35.5. The lowest BCUT2D eigenvalue weighted by molar-refractivity contribution is 0.291. The summed E-state index contributed by atoms with van der Waals surface area (Å²) in [5, 5.41) is 3.18. The van der Waals surface area contributed by atoms with E-state index >= 15 is 0 Å². The zero-order valence-electron chi connectivity index (χ0n) is 11.6. The molecule has 0 fully saturated rings. The third-order valence-corrected chi connectivity index (χ3v) is 3.41. The number of aryl methyl sites for hydroxylation is 1. The summed E-state index contributed by atoms with van der Waals surface area (Å²) in [6.07, 6.45) is 0.882. The molecule has 0 N–H and O–H groups in total. The van der Waals surface area contributed by atoms with Gasteiger partial charge in [0, 0.05) is 12.4 Å². The maximum Gasteiger partial charge on any atom is 0.322 e. The second-order valence-electron chi connectivity index (χ2n) is 4.25. The summed E-state index contributed by atoms with van der Waals surface area (Å²) < 4.78 is 5.39. The Kier molecular flexibility index (Phi) is 5.08. The first-order valence-electron chi connectivity index (χ1n) is 6.25. The molecule has 0 saturated carbocycles. The molecule has 0 bridgehead atoms. The summed E-state index contributed by atoms with van der Waals surface area (Å²) in [5.41, 5.74) is 0.975. The van der Waals surface area contributed by atoms with Gasteiger partial charge in [-0.2, -0.15) is 15.0 Å². The van der Waals surface area contributed by atoms with Crippen molar-refractivity contribution in [1.82, 2.24) is 19.9 Å². The quantitative estimate of drug-likeness (QED) is 0.817.